The highest BCUT2D eigenvalue weighted by atomic mass is 16.4. The van der Waals surface area contributed by atoms with Gasteiger partial charge in [0.2, 0.25) is 0 Å². The molecule has 0 aliphatic rings. The van der Waals surface area contributed by atoms with E-state index in [-0.39, 0.29) is 13.1 Å². The minimum Gasteiger partial charge on any atom is -0.480 e. The molecule has 41 heavy (non-hydrogen) atoms. The van der Waals surface area contributed by atoms with E-state index in [1.807, 2.05) is 0 Å². The number of hydrogen-bond donors (Lipinski definition) is 10. The van der Waals surface area contributed by atoms with Gasteiger partial charge >= 0.3 is 11.9 Å². The second-order valence-corrected chi connectivity index (χ2v) is 10.9. The summed E-state index contributed by atoms with van der Waals surface area (Å²) in [6, 6.07) is 0. The summed E-state index contributed by atoms with van der Waals surface area (Å²) in [5, 5.41) is 19.9. The van der Waals surface area contributed by atoms with E-state index in [9.17, 15) is 39.0 Å². The molecule has 18 heteroatoms. The molecule has 0 amide bonds. The maximum atomic E-state index is 13.5. The first kappa shape index (κ1) is 37.0. The highest BCUT2D eigenvalue weighted by Crippen LogP contribution is 2.31. The summed E-state index contributed by atoms with van der Waals surface area (Å²) in [6.07, 6.45) is -2.27. The summed E-state index contributed by atoms with van der Waals surface area (Å²) in [6.45, 7) is 3.88. The summed E-state index contributed by atoms with van der Waals surface area (Å²) < 4.78 is 0. The molecule has 0 aliphatic heterocycles. The lowest BCUT2D eigenvalue weighted by molar-refractivity contribution is -0.157. The average molecular weight is 587 g/mol. The van der Waals surface area contributed by atoms with Crippen molar-refractivity contribution >= 4 is 47.0 Å². The number of carboxylic acids is 2. The van der Waals surface area contributed by atoms with Gasteiger partial charge in [0.25, 0.3) is 0 Å². The van der Waals surface area contributed by atoms with Gasteiger partial charge < -0.3 is 56.1 Å². The Kier molecular flexibility index (Phi) is 12.2. The number of aliphatic imine (C=N–C) groups is 2. The lowest BCUT2D eigenvalue weighted by Gasteiger charge is -2.37. The van der Waals surface area contributed by atoms with Crippen molar-refractivity contribution in [2.24, 2.45) is 67.7 Å². The van der Waals surface area contributed by atoms with Gasteiger partial charge in [0, 0.05) is 13.1 Å². The van der Waals surface area contributed by atoms with Crippen LogP contribution in [-0.4, -0.2) is 92.4 Å². The van der Waals surface area contributed by atoms with Crippen LogP contribution in [0.25, 0.3) is 0 Å². The van der Waals surface area contributed by atoms with Crippen molar-refractivity contribution in [2.45, 2.75) is 69.1 Å². The summed E-state index contributed by atoms with van der Waals surface area (Å²) in [4.78, 5) is 85.2. The molecule has 0 aromatic carbocycles. The number of nitrogens with zero attached hydrogens (tertiary/aromatic N) is 2. The number of rotatable bonds is 18. The minimum absolute atomic E-state index is 0.388. The number of carbonyl (C=O) groups excluding carboxylic acids is 4. The summed E-state index contributed by atoms with van der Waals surface area (Å²) in [5.41, 5.74) is 35.3. The fraction of sp³-hybridized carbons (Fsp3) is 0.652. The predicted molar refractivity (Wildman–Crippen MR) is 148 cm³/mol. The van der Waals surface area contributed by atoms with Crippen molar-refractivity contribution in [1.29, 1.82) is 0 Å². The molecule has 0 saturated carbocycles. The van der Waals surface area contributed by atoms with Gasteiger partial charge in [0.1, 0.15) is 11.6 Å². The lowest BCUT2D eigenvalue weighted by atomic mass is 9.68. The standard InChI is InChI=1S/C23H42N10O8/c1-20(2,28)14(36)22(30,16(38)39)10(5-7-32-18(24)25)12(34)9-13(35)11(6-8-33-19(26)27)23(31,17(40)41)15(37)21(3,4)29/h10-11H,5-9,28-31H2,1-4H3,(H,38,39)(H,40,41)(H4,24,25,32)(H4,26,27,33). The number of Topliss-reactive ketones (excluding diaryl/α,β-unsaturated/α-hetero) is 4. The molecule has 0 radical (unpaired) electrons. The zero-order valence-electron chi connectivity index (χ0n) is 23.5. The Morgan fingerprint density at radius 1 is 0.610 bits per heavy atom. The Bertz CT molecular complexity index is 1030. The number of guanidine groups is 2. The van der Waals surface area contributed by atoms with Crippen molar-refractivity contribution in [3.8, 4) is 0 Å². The molecule has 0 bridgehead atoms. The summed E-state index contributed by atoms with van der Waals surface area (Å²) in [5.74, 6) is -13.5. The largest absolute Gasteiger partial charge is 0.480 e. The number of aliphatic carboxylic acids is 2. The van der Waals surface area contributed by atoms with Crippen LogP contribution in [0, 0.1) is 11.8 Å². The molecule has 0 rings (SSSR count). The highest BCUT2D eigenvalue weighted by molar-refractivity contribution is 6.18. The minimum atomic E-state index is -2.95. The Labute approximate surface area is 236 Å². The molecular formula is C23H42N10O8. The lowest BCUT2D eigenvalue weighted by Crippen LogP contribution is -2.70. The van der Waals surface area contributed by atoms with Gasteiger partial charge in [-0.25, -0.2) is 9.59 Å². The zero-order chi connectivity index (χ0) is 32.7. The second kappa shape index (κ2) is 13.6. The van der Waals surface area contributed by atoms with Crippen LogP contribution in [0.1, 0.15) is 47.0 Å². The molecule has 18 nitrogen and oxygen atoms in total. The van der Waals surface area contributed by atoms with Crippen LogP contribution >= 0.6 is 0 Å². The van der Waals surface area contributed by atoms with Gasteiger partial charge in [-0.05, 0) is 40.5 Å². The fourth-order valence-corrected chi connectivity index (χ4v) is 4.22. The molecule has 0 spiro atoms. The van der Waals surface area contributed by atoms with E-state index in [0.29, 0.717) is 0 Å². The van der Waals surface area contributed by atoms with Crippen molar-refractivity contribution in [1.82, 2.24) is 0 Å². The third-order valence-electron chi connectivity index (χ3n) is 6.28. The number of hydrogen-bond acceptors (Lipinski definition) is 12. The molecule has 4 atom stereocenters. The Morgan fingerprint density at radius 2 is 0.878 bits per heavy atom. The topological polar surface area (TPSA) is 376 Å². The first-order chi connectivity index (χ1) is 18.4. The maximum Gasteiger partial charge on any atom is 0.332 e. The third-order valence-corrected chi connectivity index (χ3v) is 6.28. The highest BCUT2D eigenvalue weighted by Gasteiger charge is 2.58. The second-order valence-electron chi connectivity index (χ2n) is 10.9. The first-order valence-electron chi connectivity index (χ1n) is 12.2. The Balaban J connectivity index is 6.93. The van der Waals surface area contributed by atoms with Gasteiger partial charge in [-0.3, -0.25) is 29.2 Å². The molecule has 0 heterocycles. The van der Waals surface area contributed by atoms with Crippen LogP contribution in [0.15, 0.2) is 9.98 Å². The molecule has 0 fully saturated rings. The SMILES string of the molecule is CC(C)(N)C(=O)C(N)(C(=O)O)C(CCN=C(N)N)C(=O)CC(=O)C(CCN=C(N)N)C(N)(C(=O)O)C(=O)C(C)(C)N. The first-order valence-corrected chi connectivity index (χ1v) is 12.2. The van der Waals surface area contributed by atoms with E-state index in [1.54, 1.807) is 0 Å². The number of carbonyl (C=O) groups is 6. The van der Waals surface area contributed by atoms with E-state index in [4.69, 9.17) is 45.9 Å². The van der Waals surface area contributed by atoms with E-state index in [2.05, 4.69) is 9.98 Å². The van der Waals surface area contributed by atoms with Crippen LogP contribution in [0.2, 0.25) is 0 Å². The zero-order valence-corrected chi connectivity index (χ0v) is 23.5. The van der Waals surface area contributed by atoms with Gasteiger partial charge in [0.15, 0.2) is 34.6 Å². The number of nitrogens with two attached hydrogens (primary N) is 8. The predicted octanol–water partition coefficient (Wildman–Crippen LogP) is -4.75. The van der Waals surface area contributed by atoms with Gasteiger partial charge in [-0.2, -0.15) is 0 Å². The van der Waals surface area contributed by atoms with Gasteiger partial charge in [-0.15, -0.1) is 0 Å². The van der Waals surface area contributed by atoms with Crippen molar-refractivity contribution in [3.63, 3.8) is 0 Å². The van der Waals surface area contributed by atoms with Crippen LogP contribution in [0.3, 0.4) is 0 Å². The summed E-state index contributed by atoms with van der Waals surface area (Å²) in [7, 11) is 0. The van der Waals surface area contributed by atoms with Crippen LogP contribution in [-0.2, 0) is 28.8 Å². The molecule has 4 unspecified atom stereocenters. The molecular weight excluding hydrogens is 544 g/mol. The van der Waals surface area contributed by atoms with E-state index < -0.39 is 100 Å². The summed E-state index contributed by atoms with van der Waals surface area (Å²) >= 11 is 0. The quantitative estimate of drug-likeness (QED) is 0.0409. The van der Waals surface area contributed by atoms with Crippen LogP contribution in [0.4, 0.5) is 0 Å². The van der Waals surface area contributed by atoms with Gasteiger partial charge in [-0.1, -0.05) is 0 Å². The molecule has 18 N–H and O–H groups in total. The molecule has 0 aliphatic carbocycles. The maximum absolute atomic E-state index is 13.5. The van der Waals surface area contributed by atoms with Crippen LogP contribution < -0.4 is 45.9 Å². The third kappa shape index (κ3) is 9.00. The molecule has 232 valence electrons. The van der Waals surface area contributed by atoms with Gasteiger partial charge in [0.05, 0.1) is 29.3 Å². The molecule has 0 aromatic heterocycles. The van der Waals surface area contributed by atoms with E-state index in [1.165, 1.54) is 0 Å². The fourth-order valence-electron chi connectivity index (χ4n) is 4.22. The average Bonchev–Trinajstić information content (AvgIpc) is 2.80. The van der Waals surface area contributed by atoms with E-state index in [0.717, 1.165) is 27.7 Å². The number of carboxylic acid groups (broad SMARTS) is 2. The monoisotopic (exact) mass is 586 g/mol. The smallest absolute Gasteiger partial charge is 0.332 e. The van der Waals surface area contributed by atoms with E-state index >= 15 is 0 Å². The van der Waals surface area contributed by atoms with Crippen molar-refractivity contribution in [2.75, 3.05) is 13.1 Å². The molecule has 0 saturated heterocycles. The Morgan fingerprint density at radius 3 is 1.07 bits per heavy atom. The van der Waals surface area contributed by atoms with Crippen molar-refractivity contribution in [3.05, 3.63) is 0 Å². The molecule has 0 aromatic rings. The number of ketones is 4. The van der Waals surface area contributed by atoms with Crippen molar-refractivity contribution < 1.29 is 39.0 Å². The Hall–Kier alpha value is -4.00. The van der Waals surface area contributed by atoms with Crippen LogP contribution in [0.5, 0.6) is 0 Å². The normalized spacial score (nSPS) is 16.2.